The van der Waals surface area contributed by atoms with Crippen molar-refractivity contribution in [2.75, 3.05) is 13.1 Å². The Bertz CT molecular complexity index is 978. The van der Waals surface area contributed by atoms with Crippen LogP contribution in [0.5, 0.6) is 0 Å². The van der Waals surface area contributed by atoms with E-state index >= 15 is 0 Å². The summed E-state index contributed by atoms with van der Waals surface area (Å²) in [4.78, 5) is 0. The number of nitrogens with zero attached hydrogens (tertiary/aromatic N) is 2. The molecule has 2 aromatic carbocycles. The molecule has 0 aliphatic rings. The van der Waals surface area contributed by atoms with Crippen LogP contribution in [0.3, 0.4) is 0 Å². The Morgan fingerprint density at radius 2 is 0.917 bits per heavy atom. The average molecular weight is 573 g/mol. The minimum atomic E-state index is -3.64. The molecule has 0 spiro atoms. The van der Waals surface area contributed by atoms with Crippen LogP contribution in [0.2, 0.25) is 0 Å². The molecule has 0 saturated carbocycles. The maximum atomic E-state index is 13.3. The van der Waals surface area contributed by atoms with Crippen LogP contribution in [0.1, 0.15) is 76.3 Å². The largest absolute Gasteiger partial charge is 0.228 e. The Morgan fingerprint density at radius 1 is 0.556 bits per heavy atom. The van der Waals surface area contributed by atoms with Gasteiger partial charge in [-0.2, -0.15) is 0 Å². The molecule has 2 aromatic rings. The molecule has 0 aromatic heterocycles. The molecule has 0 saturated heterocycles. The number of rotatable bonds is 19. The Balaban J connectivity index is 2.17. The van der Waals surface area contributed by atoms with Gasteiger partial charge in [0.2, 0.25) is 20.0 Å². The summed E-state index contributed by atoms with van der Waals surface area (Å²) in [5, 5.41) is 0. The van der Waals surface area contributed by atoms with E-state index in [4.69, 9.17) is 0 Å². The normalized spacial score (nSPS) is 12.4. The van der Waals surface area contributed by atoms with Crippen LogP contribution in [0.25, 0.3) is 0 Å². The molecule has 6 nitrogen and oxygen atoms in total. The van der Waals surface area contributed by atoms with E-state index in [9.17, 15) is 16.8 Å². The van der Waals surface area contributed by atoms with Crippen molar-refractivity contribution in [3.8, 4) is 0 Å². The van der Waals surface area contributed by atoms with Crippen LogP contribution < -0.4 is 0 Å². The summed E-state index contributed by atoms with van der Waals surface area (Å²) in [6.45, 7) is 4.94. The van der Waals surface area contributed by atoms with Crippen LogP contribution in [-0.4, -0.2) is 37.3 Å². The number of unbranched alkanes of at least 4 members (excludes halogenated alkanes) is 6. The quantitative estimate of drug-likeness (QED) is 0.102. The van der Waals surface area contributed by atoms with Crippen LogP contribution in [0.15, 0.2) is 60.7 Å². The zero-order valence-electron chi connectivity index (χ0n) is 21.4. The standard InChI is InChI=1S/C26H40N2O4S4/c1-3-5-7-15-21-27(35(29,30)23-25-17-11-9-12-18-25)33-34-28(22-16-8-6-4-2)36(31,32)24-26-19-13-10-14-20-26/h9-14,17-20H,3-8,15-16,21-24H2,1-2H3. The molecule has 0 atom stereocenters. The molecule has 0 bridgehead atoms. The molecule has 0 heterocycles. The van der Waals surface area contributed by atoms with E-state index in [1.807, 2.05) is 36.4 Å². The lowest BCUT2D eigenvalue weighted by Crippen LogP contribution is -2.30. The zero-order valence-corrected chi connectivity index (χ0v) is 24.7. The summed E-state index contributed by atoms with van der Waals surface area (Å²) in [5.74, 6) is -0.217. The van der Waals surface area contributed by atoms with Gasteiger partial charge in [-0.05, 0) is 24.0 Å². The predicted octanol–water partition coefficient (Wildman–Crippen LogP) is 7.02. The topological polar surface area (TPSA) is 74.8 Å². The minimum absolute atomic E-state index is 0.109. The van der Waals surface area contributed by atoms with E-state index in [2.05, 4.69) is 13.8 Å². The molecular formula is C26H40N2O4S4. The van der Waals surface area contributed by atoms with Crippen molar-refractivity contribution in [2.45, 2.75) is 76.7 Å². The maximum absolute atomic E-state index is 13.3. The Morgan fingerprint density at radius 3 is 1.25 bits per heavy atom. The highest BCUT2D eigenvalue weighted by atomic mass is 33.1. The van der Waals surface area contributed by atoms with Crippen molar-refractivity contribution in [3.63, 3.8) is 0 Å². The molecule has 0 radical (unpaired) electrons. The SMILES string of the molecule is CCCCCCN(SSN(CCCCCC)S(=O)(=O)Cc1ccccc1)S(=O)(=O)Cc1ccccc1. The second-order valence-electron chi connectivity index (χ2n) is 8.81. The van der Waals surface area contributed by atoms with Crippen LogP contribution >= 0.6 is 22.0 Å². The van der Waals surface area contributed by atoms with Crippen molar-refractivity contribution in [1.82, 2.24) is 7.42 Å². The van der Waals surface area contributed by atoms with Crippen molar-refractivity contribution in [1.29, 1.82) is 0 Å². The predicted molar refractivity (Wildman–Crippen MR) is 155 cm³/mol. The van der Waals surface area contributed by atoms with Crippen molar-refractivity contribution in [2.24, 2.45) is 0 Å². The van der Waals surface area contributed by atoms with Gasteiger partial charge in [-0.25, -0.2) is 16.8 Å². The lowest BCUT2D eigenvalue weighted by molar-refractivity contribution is 0.519. The number of hydrogen-bond acceptors (Lipinski definition) is 6. The van der Waals surface area contributed by atoms with E-state index in [1.165, 1.54) is 7.42 Å². The van der Waals surface area contributed by atoms with Crippen molar-refractivity contribution < 1.29 is 16.8 Å². The summed E-state index contributed by atoms with van der Waals surface area (Å²) in [6.07, 6.45) is 7.55. The highest BCUT2D eigenvalue weighted by Crippen LogP contribution is 2.36. The molecule has 0 unspecified atom stereocenters. The number of hydrogen-bond donors (Lipinski definition) is 0. The second-order valence-corrected chi connectivity index (χ2v) is 15.1. The van der Waals surface area contributed by atoms with Gasteiger partial charge in [0.1, 0.15) is 0 Å². The molecule has 0 aliphatic carbocycles. The molecule has 0 N–H and O–H groups in total. The summed E-state index contributed by atoms with van der Waals surface area (Å²) in [7, 11) is -5.23. The van der Waals surface area contributed by atoms with Gasteiger partial charge in [-0.15, -0.1) is 7.42 Å². The monoisotopic (exact) mass is 572 g/mol. The first-order valence-corrected chi connectivity index (χ1v) is 18.0. The molecule has 36 heavy (non-hydrogen) atoms. The molecular weight excluding hydrogens is 533 g/mol. The van der Waals surface area contributed by atoms with Gasteiger partial charge in [0.25, 0.3) is 0 Å². The zero-order chi connectivity index (χ0) is 26.3. The summed E-state index contributed by atoms with van der Waals surface area (Å²) >= 11 is 0. The summed E-state index contributed by atoms with van der Waals surface area (Å²) in [6, 6.07) is 18.2. The summed E-state index contributed by atoms with van der Waals surface area (Å²) < 4.78 is 56.1. The Labute approximate surface area is 227 Å². The van der Waals surface area contributed by atoms with Crippen LogP contribution in [0.4, 0.5) is 0 Å². The summed E-state index contributed by atoms with van der Waals surface area (Å²) in [5.41, 5.74) is 1.43. The van der Waals surface area contributed by atoms with E-state index in [-0.39, 0.29) is 11.5 Å². The van der Waals surface area contributed by atoms with Gasteiger partial charge in [-0.1, -0.05) is 113 Å². The molecule has 202 valence electrons. The minimum Gasteiger partial charge on any atom is -0.211 e. The van der Waals surface area contributed by atoms with Crippen molar-refractivity contribution in [3.05, 3.63) is 71.8 Å². The average Bonchev–Trinajstić information content (AvgIpc) is 2.85. The molecule has 0 fully saturated rings. The highest BCUT2D eigenvalue weighted by Gasteiger charge is 2.29. The molecule has 2 rings (SSSR count). The smallest absolute Gasteiger partial charge is 0.211 e. The Hall–Kier alpha value is -1.04. The fourth-order valence-corrected chi connectivity index (χ4v) is 10.6. The van der Waals surface area contributed by atoms with E-state index < -0.39 is 20.0 Å². The van der Waals surface area contributed by atoms with Gasteiger partial charge in [-0.3, -0.25) is 0 Å². The van der Waals surface area contributed by atoms with E-state index in [0.29, 0.717) is 13.1 Å². The van der Waals surface area contributed by atoms with Gasteiger partial charge < -0.3 is 0 Å². The van der Waals surface area contributed by atoms with E-state index in [0.717, 1.165) is 84.5 Å². The number of benzene rings is 2. The van der Waals surface area contributed by atoms with Gasteiger partial charge in [0.15, 0.2) is 0 Å². The number of sulfonamides is 2. The lowest BCUT2D eigenvalue weighted by Gasteiger charge is -2.25. The van der Waals surface area contributed by atoms with E-state index in [1.54, 1.807) is 24.3 Å². The first-order valence-electron chi connectivity index (χ1n) is 12.7. The fourth-order valence-electron chi connectivity index (χ4n) is 3.57. The first kappa shape index (κ1) is 31.2. The third-order valence-electron chi connectivity index (χ3n) is 5.59. The highest BCUT2D eigenvalue weighted by molar-refractivity contribution is 8.76. The molecule has 0 amide bonds. The third kappa shape index (κ3) is 11.6. The Kier molecular flexibility index (Phi) is 14.5. The lowest BCUT2D eigenvalue weighted by atomic mass is 10.2. The van der Waals surface area contributed by atoms with Gasteiger partial charge in [0, 0.05) is 35.0 Å². The third-order valence-corrected chi connectivity index (χ3v) is 13.0. The molecule has 0 aliphatic heterocycles. The van der Waals surface area contributed by atoms with Crippen molar-refractivity contribution >= 4 is 42.0 Å². The van der Waals surface area contributed by atoms with Crippen LogP contribution in [0, 0.1) is 0 Å². The first-order chi connectivity index (χ1) is 17.3. The maximum Gasteiger partial charge on any atom is 0.228 e. The fraction of sp³-hybridized carbons (Fsp3) is 0.538. The van der Waals surface area contributed by atoms with Gasteiger partial charge in [0.05, 0.1) is 11.5 Å². The second kappa shape index (κ2) is 16.7. The van der Waals surface area contributed by atoms with Gasteiger partial charge >= 0.3 is 0 Å². The van der Waals surface area contributed by atoms with Crippen LogP contribution in [-0.2, 0) is 31.6 Å². The molecule has 10 heteroatoms.